The summed E-state index contributed by atoms with van der Waals surface area (Å²) in [4.78, 5) is 4.69. The van der Waals surface area contributed by atoms with Gasteiger partial charge >= 0.3 is 138 Å². The fraction of sp³-hybridized carbons (Fsp3) is 0.118. The van der Waals surface area contributed by atoms with Gasteiger partial charge in [0.25, 0.3) is 0 Å². The molecule has 0 saturated carbocycles. The minimum atomic E-state index is 0.483. The van der Waals surface area contributed by atoms with Gasteiger partial charge in [-0.2, -0.15) is 0 Å². The Hall–Kier alpha value is -1.41. The van der Waals surface area contributed by atoms with Crippen molar-refractivity contribution in [3.05, 3.63) is 73.8 Å². The molecular formula is C17H19HgN2. The first-order chi connectivity index (χ1) is 9.67. The Morgan fingerprint density at radius 1 is 1.25 bits per heavy atom. The SMILES string of the molecule is C=C/C=C(\C=C/C)c1n[c]([Hg])cn1/C(C=C)=C/C=C\C. The Morgan fingerprint density at radius 3 is 2.55 bits per heavy atom. The third-order valence-corrected chi connectivity index (χ3v) is 3.93. The summed E-state index contributed by atoms with van der Waals surface area (Å²) in [6, 6.07) is 0. The van der Waals surface area contributed by atoms with Gasteiger partial charge in [0.1, 0.15) is 0 Å². The molecule has 3 heteroatoms. The number of hydrogen-bond acceptors (Lipinski definition) is 1. The van der Waals surface area contributed by atoms with E-state index in [4.69, 9.17) is 4.98 Å². The number of allylic oxidation sites excluding steroid dienone is 10. The molecule has 1 aromatic rings. The number of imidazole rings is 1. The molecule has 0 fully saturated rings. The van der Waals surface area contributed by atoms with Crippen LogP contribution in [-0.2, 0) is 26.1 Å². The molecule has 99 valence electrons. The Kier molecular flexibility index (Phi) is 7.23. The van der Waals surface area contributed by atoms with Crippen molar-refractivity contribution >= 4 is 14.5 Å². The number of hydrogen-bond donors (Lipinski definition) is 0. The van der Waals surface area contributed by atoms with E-state index in [1.807, 2.05) is 56.4 Å². The summed E-state index contributed by atoms with van der Waals surface area (Å²) < 4.78 is 3.25. The molecule has 0 aliphatic heterocycles. The van der Waals surface area contributed by atoms with Crippen LogP contribution in [-0.4, -0.2) is 9.55 Å². The molecule has 20 heavy (non-hydrogen) atoms. The van der Waals surface area contributed by atoms with Crippen molar-refractivity contribution in [3.8, 4) is 0 Å². The number of nitrogens with zero attached hydrogens (tertiary/aromatic N) is 2. The van der Waals surface area contributed by atoms with E-state index in [1.54, 1.807) is 6.08 Å². The van der Waals surface area contributed by atoms with Crippen molar-refractivity contribution in [1.82, 2.24) is 9.55 Å². The third kappa shape index (κ3) is 4.31. The summed E-state index contributed by atoms with van der Waals surface area (Å²) in [7, 11) is 0. The normalized spacial score (nSPS) is 13.4. The van der Waals surface area contributed by atoms with Crippen molar-refractivity contribution in [2.24, 2.45) is 0 Å². The summed E-state index contributed by atoms with van der Waals surface area (Å²) in [6.45, 7) is 11.7. The van der Waals surface area contributed by atoms with Crippen LogP contribution in [0, 0.1) is 0 Å². The zero-order valence-corrected chi connectivity index (χ0v) is 17.7. The molecule has 0 spiro atoms. The summed E-state index contributed by atoms with van der Waals surface area (Å²) in [5, 5.41) is 0. The summed E-state index contributed by atoms with van der Waals surface area (Å²) in [6.07, 6.45) is 17.8. The summed E-state index contributed by atoms with van der Waals surface area (Å²) in [5.74, 6) is 0.934. The van der Waals surface area contributed by atoms with Crippen LogP contribution in [0.3, 0.4) is 0 Å². The van der Waals surface area contributed by atoms with Gasteiger partial charge in [0.2, 0.25) is 0 Å². The molecule has 0 unspecified atom stereocenters. The average Bonchev–Trinajstić information content (AvgIpc) is 2.81. The Morgan fingerprint density at radius 2 is 2.00 bits per heavy atom. The quantitative estimate of drug-likeness (QED) is 0.475. The molecule has 0 radical (unpaired) electrons. The van der Waals surface area contributed by atoms with Crippen molar-refractivity contribution in [2.45, 2.75) is 13.8 Å². The molecule has 0 amide bonds. The van der Waals surface area contributed by atoms with Gasteiger partial charge in [0, 0.05) is 0 Å². The Bertz CT molecular complexity index is 599. The van der Waals surface area contributed by atoms with Crippen LogP contribution in [0.5, 0.6) is 0 Å². The second kappa shape index (κ2) is 8.70. The Labute approximate surface area is 137 Å². The van der Waals surface area contributed by atoms with Gasteiger partial charge in [0.15, 0.2) is 0 Å². The molecule has 1 aromatic heterocycles. The molecule has 2 nitrogen and oxygen atoms in total. The van der Waals surface area contributed by atoms with Crippen LogP contribution < -0.4 is 3.20 Å². The van der Waals surface area contributed by atoms with Crippen molar-refractivity contribution in [2.75, 3.05) is 0 Å². The average molecular weight is 452 g/mol. The maximum absolute atomic E-state index is 4.69. The standard InChI is InChI=1S/C17H19N2.Hg/c1-5-9-12-16(8-4)19-14-13-18-17(19)15(10-6-2)11-7-3;/h5-12,14H,2,4H2,1,3H3;/b9-5-,11-7-,15-10+,16-12+;. The van der Waals surface area contributed by atoms with Crippen LogP contribution in [0.25, 0.3) is 11.3 Å². The molecule has 0 aliphatic rings. The van der Waals surface area contributed by atoms with Crippen molar-refractivity contribution < 1.29 is 26.1 Å². The topological polar surface area (TPSA) is 17.8 Å². The molecule has 0 bridgehead atoms. The first-order valence-corrected chi connectivity index (χ1v) is 9.25. The first kappa shape index (κ1) is 16.6. The van der Waals surface area contributed by atoms with Crippen LogP contribution in [0.15, 0.2) is 68.0 Å². The predicted molar refractivity (Wildman–Crippen MR) is 84.1 cm³/mol. The van der Waals surface area contributed by atoms with E-state index >= 15 is 0 Å². The second-order valence-corrected chi connectivity index (χ2v) is 6.92. The van der Waals surface area contributed by atoms with Crippen molar-refractivity contribution in [1.29, 1.82) is 0 Å². The van der Waals surface area contributed by atoms with Gasteiger partial charge in [-0.1, -0.05) is 0 Å². The molecule has 0 aromatic carbocycles. The molecule has 0 N–H and O–H groups in total. The van der Waals surface area contributed by atoms with E-state index in [-0.39, 0.29) is 0 Å². The third-order valence-electron chi connectivity index (χ3n) is 2.60. The molecular weight excluding hydrogens is 433 g/mol. The van der Waals surface area contributed by atoms with Gasteiger partial charge in [-0.25, -0.2) is 0 Å². The number of rotatable bonds is 6. The molecule has 0 aliphatic carbocycles. The van der Waals surface area contributed by atoms with E-state index in [9.17, 15) is 0 Å². The van der Waals surface area contributed by atoms with Crippen LogP contribution >= 0.6 is 0 Å². The molecule has 0 saturated heterocycles. The Balaban J connectivity index is 3.46. The first-order valence-electron chi connectivity index (χ1n) is 6.50. The summed E-state index contributed by atoms with van der Waals surface area (Å²) >= 11 is 0.483. The molecule has 1 heterocycles. The van der Waals surface area contributed by atoms with E-state index < -0.39 is 0 Å². The summed E-state index contributed by atoms with van der Waals surface area (Å²) in [5.41, 5.74) is 2.06. The molecule has 0 atom stereocenters. The van der Waals surface area contributed by atoms with E-state index in [0.717, 1.165) is 20.3 Å². The zero-order valence-electron chi connectivity index (χ0n) is 12.2. The van der Waals surface area contributed by atoms with E-state index in [2.05, 4.69) is 23.9 Å². The zero-order chi connectivity index (χ0) is 15.0. The van der Waals surface area contributed by atoms with Crippen LogP contribution in [0.2, 0.25) is 0 Å². The van der Waals surface area contributed by atoms with Gasteiger partial charge in [-0.3, -0.25) is 0 Å². The van der Waals surface area contributed by atoms with Crippen molar-refractivity contribution in [3.63, 3.8) is 0 Å². The fourth-order valence-electron chi connectivity index (χ4n) is 1.78. The van der Waals surface area contributed by atoms with Crippen LogP contribution in [0.4, 0.5) is 0 Å². The van der Waals surface area contributed by atoms with E-state index in [1.165, 1.54) is 0 Å². The van der Waals surface area contributed by atoms with Crippen LogP contribution in [0.1, 0.15) is 19.7 Å². The van der Waals surface area contributed by atoms with Gasteiger partial charge in [0.05, 0.1) is 0 Å². The van der Waals surface area contributed by atoms with Gasteiger partial charge < -0.3 is 0 Å². The van der Waals surface area contributed by atoms with Gasteiger partial charge in [-0.05, 0) is 0 Å². The minimum absolute atomic E-state index is 0.483. The second-order valence-electron chi connectivity index (χ2n) is 4.10. The monoisotopic (exact) mass is 453 g/mol. The maximum atomic E-state index is 4.69. The van der Waals surface area contributed by atoms with E-state index in [0.29, 0.717) is 26.1 Å². The molecule has 1 rings (SSSR count). The fourth-order valence-corrected chi connectivity index (χ4v) is 3.07. The predicted octanol–water partition coefficient (Wildman–Crippen LogP) is 3.80. The van der Waals surface area contributed by atoms with Gasteiger partial charge in [-0.15, -0.1) is 0 Å². The number of aromatic nitrogens is 2.